The van der Waals surface area contributed by atoms with E-state index in [9.17, 15) is 24.4 Å². The van der Waals surface area contributed by atoms with Crippen LogP contribution < -0.4 is 15.7 Å². The summed E-state index contributed by atoms with van der Waals surface area (Å²) in [7, 11) is 0. The number of nitrogens with one attached hydrogen (secondary N) is 2. The summed E-state index contributed by atoms with van der Waals surface area (Å²) in [5, 5.41) is 26.3. The molecule has 0 aliphatic carbocycles. The van der Waals surface area contributed by atoms with Gasteiger partial charge in [0.2, 0.25) is 11.8 Å². The minimum absolute atomic E-state index is 0.0588. The first-order valence-electron chi connectivity index (χ1n) is 10.2. The number of hydroxylamine groups is 1. The van der Waals surface area contributed by atoms with Crippen molar-refractivity contribution >= 4 is 41.1 Å². The van der Waals surface area contributed by atoms with Crippen LogP contribution >= 0.6 is 11.8 Å². The number of nitrogens with zero attached hydrogens (tertiary/aromatic N) is 1. The van der Waals surface area contributed by atoms with Crippen LogP contribution in [0.4, 0.5) is 5.69 Å². The lowest BCUT2D eigenvalue weighted by Gasteiger charge is -2.20. The van der Waals surface area contributed by atoms with Crippen LogP contribution in [-0.2, 0) is 19.2 Å². The van der Waals surface area contributed by atoms with Gasteiger partial charge in [-0.1, -0.05) is 37.8 Å². The second-order valence-electron chi connectivity index (χ2n) is 7.61. The Labute approximate surface area is 192 Å². The molecule has 1 atom stereocenters. The summed E-state index contributed by atoms with van der Waals surface area (Å²) < 4.78 is 0. The average molecular weight is 466 g/mol. The Kier molecular flexibility index (Phi) is 11.5. The van der Waals surface area contributed by atoms with Crippen molar-refractivity contribution in [3.63, 3.8) is 0 Å². The molecule has 0 aliphatic heterocycles. The van der Waals surface area contributed by atoms with Crippen molar-refractivity contribution in [1.29, 1.82) is 0 Å². The number of carbonyl (C=O) groups is 4. The molecule has 1 unspecified atom stereocenters. The van der Waals surface area contributed by atoms with Crippen LogP contribution in [0.2, 0.25) is 0 Å². The smallest absolute Gasteiger partial charge is 0.322 e. The van der Waals surface area contributed by atoms with Crippen LogP contribution in [0.15, 0.2) is 34.6 Å². The van der Waals surface area contributed by atoms with Gasteiger partial charge in [-0.15, -0.1) is 0 Å². The SMILES string of the molecule is C/C=C\Sc1cc(N(O)C(=O)CCC(NC(=O)CC(C)C)C(=O)NCC(=O)O)ccc1C. The van der Waals surface area contributed by atoms with E-state index in [4.69, 9.17) is 5.11 Å². The summed E-state index contributed by atoms with van der Waals surface area (Å²) in [5.74, 6) is -2.92. The lowest BCUT2D eigenvalue weighted by molar-refractivity contribution is -0.138. The molecule has 176 valence electrons. The Morgan fingerprint density at radius 3 is 2.50 bits per heavy atom. The maximum absolute atomic E-state index is 12.5. The van der Waals surface area contributed by atoms with Crippen molar-refractivity contribution in [1.82, 2.24) is 10.6 Å². The molecule has 0 saturated carbocycles. The maximum Gasteiger partial charge on any atom is 0.322 e. The molecule has 0 bridgehead atoms. The Hall–Kier alpha value is -2.85. The topological polar surface area (TPSA) is 136 Å². The molecule has 0 fully saturated rings. The quantitative estimate of drug-likeness (QED) is 0.212. The van der Waals surface area contributed by atoms with Crippen molar-refractivity contribution in [2.24, 2.45) is 5.92 Å². The standard InChI is InChI=1S/C22H31N3O6S/c1-5-10-32-18-12-16(7-6-15(18)4)25(31)20(27)9-8-17(22(30)23-13-21(28)29)24-19(26)11-14(2)3/h5-7,10,12,14,17,31H,8-9,11,13H2,1-4H3,(H,23,30)(H,24,26)(H,28,29)/b10-5-. The molecule has 0 saturated heterocycles. The van der Waals surface area contributed by atoms with Gasteiger partial charge in [0.05, 0.1) is 5.69 Å². The van der Waals surface area contributed by atoms with Crippen LogP contribution in [0, 0.1) is 12.8 Å². The number of carboxylic acids is 1. The molecule has 1 aromatic carbocycles. The lowest BCUT2D eigenvalue weighted by atomic mass is 10.1. The highest BCUT2D eigenvalue weighted by Crippen LogP contribution is 2.28. The normalized spacial score (nSPS) is 11.9. The molecule has 10 heteroatoms. The van der Waals surface area contributed by atoms with Crippen LogP contribution in [-0.4, -0.2) is 46.6 Å². The minimum Gasteiger partial charge on any atom is -0.480 e. The molecule has 4 N–H and O–H groups in total. The molecule has 0 aliphatic rings. The van der Waals surface area contributed by atoms with Gasteiger partial charge >= 0.3 is 5.97 Å². The molecule has 0 radical (unpaired) electrons. The first kappa shape index (κ1) is 27.2. The predicted octanol–water partition coefficient (Wildman–Crippen LogP) is 2.85. The number of benzene rings is 1. The highest BCUT2D eigenvalue weighted by atomic mass is 32.2. The maximum atomic E-state index is 12.5. The van der Waals surface area contributed by atoms with Crippen molar-refractivity contribution in [2.75, 3.05) is 11.6 Å². The van der Waals surface area contributed by atoms with Gasteiger partial charge in [-0.25, -0.2) is 0 Å². The van der Waals surface area contributed by atoms with Gasteiger partial charge in [-0.3, -0.25) is 24.4 Å². The predicted molar refractivity (Wildman–Crippen MR) is 122 cm³/mol. The number of rotatable bonds is 12. The molecule has 9 nitrogen and oxygen atoms in total. The van der Waals surface area contributed by atoms with E-state index >= 15 is 0 Å². The van der Waals surface area contributed by atoms with E-state index in [-0.39, 0.29) is 36.8 Å². The van der Waals surface area contributed by atoms with Gasteiger partial charge in [0, 0.05) is 17.7 Å². The molecular formula is C22H31N3O6S. The van der Waals surface area contributed by atoms with Gasteiger partial charge in [0.15, 0.2) is 0 Å². The van der Waals surface area contributed by atoms with Crippen LogP contribution in [0.1, 0.15) is 45.6 Å². The first-order chi connectivity index (χ1) is 15.0. The van der Waals surface area contributed by atoms with E-state index in [1.165, 1.54) is 11.8 Å². The van der Waals surface area contributed by atoms with E-state index in [0.717, 1.165) is 10.5 Å². The molecule has 32 heavy (non-hydrogen) atoms. The van der Waals surface area contributed by atoms with Crippen molar-refractivity contribution in [3.8, 4) is 0 Å². The minimum atomic E-state index is -1.23. The Balaban J connectivity index is 2.86. The zero-order valence-corrected chi connectivity index (χ0v) is 19.6. The number of thioether (sulfide) groups is 1. The molecule has 0 aromatic heterocycles. The molecule has 0 heterocycles. The summed E-state index contributed by atoms with van der Waals surface area (Å²) in [5.41, 5.74) is 1.27. The molecule has 0 spiro atoms. The third-order valence-corrected chi connectivity index (χ3v) is 5.39. The number of hydrogen-bond acceptors (Lipinski definition) is 6. The molecule has 3 amide bonds. The zero-order valence-electron chi connectivity index (χ0n) is 18.8. The van der Waals surface area contributed by atoms with E-state index in [0.29, 0.717) is 5.06 Å². The van der Waals surface area contributed by atoms with Gasteiger partial charge < -0.3 is 15.7 Å². The number of aryl methyl sites for hydroxylation is 1. The third-order valence-electron chi connectivity index (χ3n) is 4.29. The molecule has 1 aromatic rings. The fourth-order valence-electron chi connectivity index (χ4n) is 2.69. The van der Waals surface area contributed by atoms with E-state index in [1.807, 2.05) is 39.2 Å². The first-order valence-corrected chi connectivity index (χ1v) is 11.1. The van der Waals surface area contributed by atoms with Crippen molar-refractivity contribution < 1.29 is 29.5 Å². The number of amides is 3. The molecular weight excluding hydrogens is 434 g/mol. The van der Waals surface area contributed by atoms with Gasteiger partial charge in [0.1, 0.15) is 12.6 Å². The summed E-state index contributed by atoms with van der Waals surface area (Å²) in [4.78, 5) is 48.5. The number of carboxylic acid groups (broad SMARTS) is 1. The average Bonchev–Trinajstić information content (AvgIpc) is 2.72. The van der Waals surface area contributed by atoms with Gasteiger partial charge in [0.25, 0.3) is 5.91 Å². The number of carbonyl (C=O) groups excluding carboxylic acids is 3. The monoisotopic (exact) mass is 465 g/mol. The summed E-state index contributed by atoms with van der Waals surface area (Å²) in [6.45, 7) is 6.88. The Bertz CT molecular complexity index is 856. The zero-order chi connectivity index (χ0) is 24.3. The number of allylic oxidation sites excluding steroid dienone is 1. The summed E-state index contributed by atoms with van der Waals surface area (Å²) in [6, 6.07) is 3.97. The number of aliphatic carboxylic acids is 1. The number of anilines is 1. The summed E-state index contributed by atoms with van der Waals surface area (Å²) >= 11 is 1.45. The molecule has 1 rings (SSSR count). The van der Waals surface area contributed by atoms with Crippen molar-refractivity contribution in [3.05, 3.63) is 35.2 Å². The number of hydrogen-bond donors (Lipinski definition) is 4. The Morgan fingerprint density at radius 1 is 1.22 bits per heavy atom. The van der Waals surface area contributed by atoms with Gasteiger partial charge in [-0.05, 0) is 49.3 Å². The third kappa shape index (κ3) is 9.52. The summed E-state index contributed by atoms with van der Waals surface area (Å²) in [6.07, 6.45) is 1.71. The fraction of sp³-hybridized carbons (Fsp3) is 0.455. The second kappa shape index (κ2) is 13.5. The van der Waals surface area contributed by atoms with Crippen LogP contribution in [0.3, 0.4) is 0 Å². The van der Waals surface area contributed by atoms with Crippen molar-refractivity contribution in [2.45, 2.75) is 57.9 Å². The van der Waals surface area contributed by atoms with E-state index in [2.05, 4.69) is 10.6 Å². The van der Waals surface area contributed by atoms with Crippen LogP contribution in [0.5, 0.6) is 0 Å². The van der Waals surface area contributed by atoms with Crippen LogP contribution in [0.25, 0.3) is 0 Å². The van der Waals surface area contributed by atoms with Gasteiger partial charge in [-0.2, -0.15) is 5.06 Å². The fourth-order valence-corrected chi connectivity index (χ4v) is 3.41. The van der Waals surface area contributed by atoms with E-state index in [1.54, 1.807) is 18.2 Å². The van der Waals surface area contributed by atoms with E-state index < -0.39 is 30.4 Å². The Morgan fingerprint density at radius 2 is 1.91 bits per heavy atom. The highest BCUT2D eigenvalue weighted by Gasteiger charge is 2.24. The second-order valence-corrected chi connectivity index (χ2v) is 8.56. The lowest BCUT2D eigenvalue weighted by Crippen LogP contribution is -2.48. The highest BCUT2D eigenvalue weighted by molar-refractivity contribution is 8.02. The largest absolute Gasteiger partial charge is 0.480 e.